The number of hydroxylamine groups is 2. The Bertz CT molecular complexity index is 112. The second-order valence-corrected chi connectivity index (χ2v) is 2.09. The highest BCUT2D eigenvalue weighted by atomic mass is 32.1. The van der Waals surface area contributed by atoms with Gasteiger partial charge in [-0.05, 0) is 12.2 Å². The molecule has 0 aromatic heterocycles. The molecule has 0 spiro atoms. The molecule has 0 aromatic carbocycles. The van der Waals surface area contributed by atoms with Gasteiger partial charge in [0, 0.05) is 0 Å². The molecule has 6 nitrogen and oxygen atoms in total. The van der Waals surface area contributed by atoms with E-state index in [1.807, 2.05) is 0 Å². The molecule has 72 valence electrons. The van der Waals surface area contributed by atoms with Crippen LogP contribution in [-0.4, -0.2) is 41.8 Å². The smallest absolute Gasteiger partial charge is 0.214 e. The summed E-state index contributed by atoms with van der Waals surface area (Å²) in [6.45, 7) is 0.101. The highest BCUT2D eigenvalue weighted by molar-refractivity contribution is 7.80. The lowest BCUT2D eigenvalue weighted by Crippen LogP contribution is -2.36. The van der Waals surface area contributed by atoms with Gasteiger partial charge in [0.15, 0.2) is 0 Å². The standard InChI is InChI=1S/C5H12N2O4S/c8-1-3-10-6-5(12)7-11-4-2-9/h8-9H,1-4H2,(H2,6,7,12). The maximum atomic E-state index is 8.30. The molecular weight excluding hydrogens is 184 g/mol. The lowest BCUT2D eigenvalue weighted by Gasteiger charge is -2.08. The minimum absolute atomic E-state index is 0.0902. The first kappa shape index (κ1) is 11.5. The zero-order chi connectivity index (χ0) is 9.23. The molecule has 0 radical (unpaired) electrons. The van der Waals surface area contributed by atoms with Crippen LogP contribution in [0.25, 0.3) is 0 Å². The quantitative estimate of drug-likeness (QED) is 0.229. The number of hydrogen-bond acceptors (Lipinski definition) is 5. The van der Waals surface area contributed by atoms with Crippen LogP contribution in [0.5, 0.6) is 0 Å². The fourth-order valence-corrected chi connectivity index (χ4v) is 0.463. The first-order chi connectivity index (χ1) is 5.81. The molecule has 12 heavy (non-hydrogen) atoms. The van der Waals surface area contributed by atoms with Crippen molar-refractivity contribution in [3.8, 4) is 0 Å². The van der Waals surface area contributed by atoms with Crippen molar-refractivity contribution >= 4 is 17.3 Å². The summed E-state index contributed by atoms with van der Waals surface area (Å²) in [5, 5.41) is 16.7. The van der Waals surface area contributed by atoms with Crippen LogP contribution < -0.4 is 11.0 Å². The van der Waals surface area contributed by atoms with Gasteiger partial charge in [-0.3, -0.25) is 9.68 Å². The highest BCUT2D eigenvalue weighted by Gasteiger charge is 1.92. The van der Waals surface area contributed by atoms with E-state index < -0.39 is 0 Å². The molecule has 0 aliphatic rings. The zero-order valence-electron chi connectivity index (χ0n) is 6.45. The Morgan fingerprint density at radius 3 is 1.83 bits per heavy atom. The number of hydrogen-bond donors (Lipinski definition) is 4. The van der Waals surface area contributed by atoms with Crippen LogP contribution in [0.3, 0.4) is 0 Å². The van der Waals surface area contributed by atoms with E-state index in [4.69, 9.17) is 10.2 Å². The molecule has 0 heterocycles. The van der Waals surface area contributed by atoms with E-state index in [1.165, 1.54) is 0 Å². The molecular formula is C5H12N2O4S. The molecule has 0 fully saturated rings. The SMILES string of the molecule is OCCONC(=S)NOCCO. The van der Waals surface area contributed by atoms with Crippen molar-refractivity contribution in [2.24, 2.45) is 0 Å². The fraction of sp³-hybridized carbons (Fsp3) is 0.800. The van der Waals surface area contributed by atoms with Crippen molar-refractivity contribution in [1.29, 1.82) is 0 Å². The summed E-state index contributed by atoms with van der Waals surface area (Å²) >= 11 is 4.65. The van der Waals surface area contributed by atoms with Gasteiger partial charge in [-0.25, -0.2) is 11.0 Å². The minimum atomic E-state index is -0.0902. The number of rotatable bonds is 6. The third-order valence-electron chi connectivity index (χ3n) is 0.716. The Morgan fingerprint density at radius 1 is 1.08 bits per heavy atom. The molecule has 0 saturated heterocycles. The molecule has 7 heteroatoms. The molecule has 0 rings (SSSR count). The summed E-state index contributed by atoms with van der Waals surface area (Å²) in [4.78, 5) is 9.26. The Labute approximate surface area is 75.4 Å². The van der Waals surface area contributed by atoms with Crippen LogP contribution in [0.15, 0.2) is 0 Å². The number of thiocarbonyl (C=S) groups is 1. The first-order valence-corrected chi connectivity index (χ1v) is 3.73. The maximum Gasteiger partial charge on any atom is 0.214 e. The van der Waals surface area contributed by atoms with Gasteiger partial charge in [0.05, 0.1) is 26.4 Å². The van der Waals surface area contributed by atoms with Crippen molar-refractivity contribution in [1.82, 2.24) is 11.0 Å². The van der Waals surface area contributed by atoms with Gasteiger partial charge in [-0.15, -0.1) is 0 Å². The summed E-state index contributed by atoms with van der Waals surface area (Å²) in [6.07, 6.45) is 0. The Kier molecular flexibility index (Phi) is 8.29. The average Bonchev–Trinajstić information content (AvgIpc) is 2.06. The number of nitrogens with one attached hydrogen (secondary N) is 2. The van der Waals surface area contributed by atoms with Crippen molar-refractivity contribution in [3.05, 3.63) is 0 Å². The van der Waals surface area contributed by atoms with Crippen LogP contribution in [0.2, 0.25) is 0 Å². The van der Waals surface area contributed by atoms with Gasteiger partial charge in [-0.1, -0.05) is 0 Å². The van der Waals surface area contributed by atoms with Crippen LogP contribution in [0, 0.1) is 0 Å². The summed E-state index contributed by atoms with van der Waals surface area (Å²) in [7, 11) is 0. The minimum Gasteiger partial charge on any atom is -0.394 e. The second-order valence-electron chi connectivity index (χ2n) is 1.68. The normalized spacial score (nSPS) is 9.50. The predicted octanol–water partition coefficient (Wildman–Crippen LogP) is -1.70. The predicted molar refractivity (Wildman–Crippen MR) is 44.9 cm³/mol. The summed E-state index contributed by atoms with van der Waals surface area (Å²) in [5.41, 5.74) is 4.59. The molecule has 0 bridgehead atoms. The zero-order valence-corrected chi connectivity index (χ0v) is 7.26. The topological polar surface area (TPSA) is 83.0 Å². The van der Waals surface area contributed by atoms with Gasteiger partial charge in [-0.2, -0.15) is 0 Å². The van der Waals surface area contributed by atoms with E-state index in [9.17, 15) is 0 Å². The molecule has 0 saturated carbocycles. The van der Waals surface area contributed by atoms with Crippen LogP contribution in [0.1, 0.15) is 0 Å². The van der Waals surface area contributed by atoms with Crippen molar-refractivity contribution < 1.29 is 19.9 Å². The molecule has 0 atom stereocenters. The highest BCUT2D eigenvalue weighted by Crippen LogP contribution is 1.71. The van der Waals surface area contributed by atoms with E-state index in [0.717, 1.165) is 0 Å². The summed E-state index contributed by atoms with van der Waals surface area (Å²) in [5.74, 6) is 0. The van der Waals surface area contributed by atoms with Crippen LogP contribution in [-0.2, 0) is 9.68 Å². The Hall–Kier alpha value is -0.470. The van der Waals surface area contributed by atoms with E-state index in [0.29, 0.717) is 0 Å². The first-order valence-electron chi connectivity index (χ1n) is 3.32. The van der Waals surface area contributed by atoms with Crippen molar-refractivity contribution in [2.75, 3.05) is 26.4 Å². The summed E-state index contributed by atoms with van der Waals surface area (Å²) in [6, 6.07) is 0. The molecule has 0 aliphatic carbocycles. The van der Waals surface area contributed by atoms with E-state index in [2.05, 4.69) is 32.9 Å². The van der Waals surface area contributed by atoms with E-state index >= 15 is 0 Å². The Balaban J connectivity index is 3.10. The van der Waals surface area contributed by atoms with E-state index in [-0.39, 0.29) is 31.5 Å². The maximum absolute atomic E-state index is 8.30. The fourth-order valence-electron chi connectivity index (χ4n) is 0.345. The number of aliphatic hydroxyl groups excluding tert-OH is 2. The Morgan fingerprint density at radius 2 is 1.50 bits per heavy atom. The summed E-state index contributed by atoms with van der Waals surface area (Å²) < 4.78 is 0. The van der Waals surface area contributed by atoms with Gasteiger partial charge in [0.25, 0.3) is 0 Å². The average molecular weight is 196 g/mol. The molecule has 0 aliphatic heterocycles. The van der Waals surface area contributed by atoms with Gasteiger partial charge < -0.3 is 10.2 Å². The van der Waals surface area contributed by atoms with Crippen LogP contribution >= 0.6 is 12.2 Å². The van der Waals surface area contributed by atoms with Gasteiger partial charge in [0.1, 0.15) is 0 Å². The molecule has 4 N–H and O–H groups in total. The van der Waals surface area contributed by atoms with Crippen molar-refractivity contribution in [2.45, 2.75) is 0 Å². The van der Waals surface area contributed by atoms with E-state index in [1.54, 1.807) is 0 Å². The van der Waals surface area contributed by atoms with Crippen LogP contribution in [0.4, 0.5) is 0 Å². The third kappa shape index (κ3) is 7.63. The lowest BCUT2D eigenvalue weighted by atomic mass is 10.8. The third-order valence-corrected chi connectivity index (χ3v) is 0.883. The number of aliphatic hydroxyl groups is 2. The van der Waals surface area contributed by atoms with Crippen molar-refractivity contribution in [3.63, 3.8) is 0 Å². The van der Waals surface area contributed by atoms with Gasteiger partial charge in [0.2, 0.25) is 5.11 Å². The second kappa shape index (κ2) is 8.62. The molecule has 0 amide bonds. The largest absolute Gasteiger partial charge is 0.394 e. The molecule has 0 unspecified atom stereocenters. The molecule has 0 aromatic rings. The lowest BCUT2D eigenvalue weighted by molar-refractivity contribution is 0.0245. The van der Waals surface area contributed by atoms with Gasteiger partial charge >= 0.3 is 0 Å². The monoisotopic (exact) mass is 196 g/mol.